The maximum absolute atomic E-state index is 11.7. The van der Waals surface area contributed by atoms with Crippen molar-refractivity contribution in [2.45, 2.75) is 44.3 Å². The number of amides is 1. The highest BCUT2D eigenvalue weighted by molar-refractivity contribution is 7.92. The topological polar surface area (TPSA) is 134 Å². The number of hydrogen-bond acceptors (Lipinski definition) is 7. The Morgan fingerprint density at radius 3 is 2.97 bits per heavy atom. The number of nitrogens with zero attached hydrogens (tertiary/aromatic N) is 1. The Hall–Kier alpha value is -2.79. The number of ether oxygens (including phenoxy) is 2. The van der Waals surface area contributed by atoms with Crippen molar-refractivity contribution in [1.29, 1.82) is 0 Å². The zero-order valence-corrected chi connectivity index (χ0v) is 16.9. The predicted molar refractivity (Wildman–Crippen MR) is 106 cm³/mol. The molecule has 0 bridgehead atoms. The van der Waals surface area contributed by atoms with Gasteiger partial charge in [-0.1, -0.05) is 0 Å². The predicted octanol–water partition coefficient (Wildman–Crippen LogP) is 2.37. The van der Waals surface area contributed by atoms with Crippen molar-refractivity contribution in [1.82, 2.24) is 15.5 Å². The van der Waals surface area contributed by atoms with Gasteiger partial charge in [-0.05, 0) is 37.6 Å². The third kappa shape index (κ3) is 4.62. The molecule has 2 aliphatic heterocycles. The number of sulfonamides is 1. The fraction of sp³-hybridized carbons (Fsp3) is 0.444. The van der Waals surface area contributed by atoms with E-state index in [1.54, 1.807) is 18.2 Å². The molecule has 2 aromatic rings. The molecule has 3 heterocycles. The smallest absolute Gasteiger partial charge is 0.407 e. The number of fused-ring (bicyclic) bond motifs is 1. The first kappa shape index (κ1) is 19.5. The van der Waals surface area contributed by atoms with Crippen molar-refractivity contribution in [3.05, 3.63) is 35.5 Å². The molecule has 10 nitrogen and oxygen atoms in total. The van der Waals surface area contributed by atoms with E-state index in [9.17, 15) is 13.2 Å². The fourth-order valence-corrected chi connectivity index (χ4v) is 4.59. The molecule has 1 aromatic heterocycles. The zero-order chi connectivity index (χ0) is 20.6. The van der Waals surface area contributed by atoms with Gasteiger partial charge >= 0.3 is 6.09 Å². The number of rotatable bonds is 5. The number of nitrogens with one attached hydrogen (secondary N) is 4. The summed E-state index contributed by atoms with van der Waals surface area (Å²) in [5, 5.41) is 13.0. The van der Waals surface area contributed by atoms with Crippen molar-refractivity contribution >= 4 is 33.3 Å². The van der Waals surface area contributed by atoms with E-state index >= 15 is 0 Å². The van der Waals surface area contributed by atoms with Crippen LogP contribution < -0.4 is 15.4 Å². The van der Waals surface area contributed by atoms with E-state index < -0.39 is 16.1 Å². The van der Waals surface area contributed by atoms with Crippen LogP contribution in [0.25, 0.3) is 0 Å². The van der Waals surface area contributed by atoms with Gasteiger partial charge in [-0.15, -0.1) is 0 Å². The molecular weight excluding hydrogens is 398 g/mol. The molecule has 0 aliphatic carbocycles. The fourth-order valence-electron chi connectivity index (χ4n) is 3.33. The number of aromatic amines is 1. The third-order valence-electron chi connectivity index (χ3n) is 4.57. The standard InChI is InChI=1S/C18H23N5O5S/c1-10(2)19-18(24)28-13-6-16(27-8-13)15-7-17(22-21-15)20-12-3-4-14-11(5-12)9-29(25,26)23-14/h3-5,7,10,13,16,23H,6,8-9H2,1-2H3,(H,19,24)(H2,20,21,22)/t13-,16-/m0/s1. The summed E-state index contributed by atoms with van der Waals surface area (Å²) in [4.78, 5) is 11.7. The molecule has 29 heavy (non-hydrogen) atoms. The molecule has 4 rings (SSSR count). The van der Waals surface area contributed by atoms with Gasteiger partial charge in [0.2, 0.25) is 10.0 Å². The first-order valence-corrected chi connectivity index (χ1v) is 11.0. The minimum atomic E-state index is -3.28. The van der Waals surface area contributed by atoms with Crippen LogP contribution in [0.15, 0.2) is 24.3 Å². The molecule has 1 saturated heterocycles. The molecule has 2 atom stereocenters. The van der Waals surface area contributed by atoms with E-state index in [1.807, 2.05) is 19.9 Å². The van der Waals surface area contributed by atoms with Gasteiger partial charge in [-0.3, -0.25) is 9.82 Å². The van der Waals surface area contributed by atoms with Gasteiger partial charge in [0.15, 0.2) is 5.82 Å². The van der Waals surface area contributed by atoms with Crippen molar-refractivity contribution in [3.63, 3.8) is 0 Å². The van der Waals surface area contributed by atoms with E-state index in [-0.39, 0.29) is 24.0 Å². The van der Waals surface area contributed by atoms with Gasteiger partial charge < -0.3 is 20.1 Å². The molecule has 0 saturated carbocycles. The molecule has 2 aliphatic rings. The Morgan fingerprint density at radius 1 is 1.34 bits per heavy atom. The lowest BCUT2D eigenvalue weighted by molar-refractivity contribution is 0.0682. The van der Waals surface area contributed by atoms with Crippen LogP contribution in [0.1, 0.15) is 37.6 Å². The second-order valence-corrected chi connectivity index (χ2v) is 9.17. The molecule has 11 heteroatoms. The first-order valence-electron chi connectivity index (χ1n) is 9.32. The van der Waals surface area contributed by atoms with Gasteiger partial charge in [0.25, 0.3) is 0 Å². The highest BCUT2D eigenvalue weighted by Gasteiger charge is 2.31. The number of carbonyl (C=O) groups is 1. The molecule has 4 N–H and O–H groups in total. The summed E-state index contributed by atoms with van der Waals surface area (Å²) in [6, 6.07) is 7.12. The van der Waals surface area contributed by atoms with Crippen LogP contribution in [-0.2, 0) is 25.2 Å². The molecule has 0 radical (unpaired) electrons. The monoisotopic (exact) mass is 421 g/mol. The molecule has 1 fully saturated rings. The Kier molecular flexibility index (Phi) is 5.09. The number of anilines is 3. The van der Waals surface area contributed by atoms with Crippen molar-refractivity contribution in [2.24, 2.45) is 0 Å². The number of H-pyrrole nitrogens is 1. The summed E-state index contributed by atoms with van der Waals surface area (Å²) in [7, 11) is -3.28. The second kappa shape index (κ2) is 7.56. The number of hydrogen-bond donors (Lipinski definition) is 4. The van der Waals surface area contributed by atoms with E-state index in [0.717, 1.165) is 11.4 Å². The van der Waals surface area contributed by atoms with Crippen LogP contribution in [-0.4, -0.2) is 43.5 Å². The zero-order valence-electron chi connectivity index (χ0n) is 16.1. The van der Waals surface area contributed by atoms with Gasteiger partial charge in [0, 0.05) is 24.2 Å². The minimum Gasteiger partial charge on any atom is -0.444 e. The summed E-state index contributed by atoms with van der Waals surface area (Å²) in [5.74, 6) is 0.546. The number of alkyl carbamates (subject to hydrolysis) is 1. The Bertz CT molecular complexity index is 1020. The molecular formula is C18H23N5O5S. The SMILES string of the molecule is CC(C)NC(=O)O[C@@H]1CO[C@H](c2cc(Nc3ccc4c(c3)CS(=O)(=O)N4)n[nH]2)C1. The van der Waals surface area contributed by atoms with E-state index in [4.69, 9.17) is 9.47 Å². The normalized spacial score (nSPS) is 22.2. The average molecular weight is 421 g/mol. The summed E-state index contributed by atoms with van der Waals surface area (Å²) >= 11 is 0. The number of carbonyl (C=O) groups excluding carboxylic acids is 1. The lowest BCUT2D eigenvalue weighted by Crippen LogP contribution is -2.33. The second-order valence-electron chi connectivity index (χ2n) is 7.45. The lowest BCUT2D eigenvalue weighted by Gasteiger charge is -2.13. The molecule has 1 aromatic carbocycles. The number of benzene rings is 1. The van der Waals surface area contributed by atoms with Crippen molar-refractivity contribution in [2.75, 3.05) is 16.6 Å². The Labute approximate surface area is 168 Å². The van der Waals surface area contributed by atoms with Crippen LogP contribution in [0.3, 0.4) is 0 Å². The third-order valence-corrected chi connectivity index (χ3v) is 5.80. The van der Waals surface area contributed by atoms with Crippen LogP contribution in [0.4, 0.5) is 22.0 Å². The van der Waals surface area contributed by atoms with Gasteiger partial charge in [0.05, 0.1) is 23.7 Å². The van der Waals surface area contributed by atoms with Crippen LogP contribution in [0, 0.1) is 0 Å². The van der Waals surface area contributed by atoms with Crippen LogP contribution in [0.2, 0.25) is 0 Å². The van der Waals surface area contributed by atoms with Gasteiger partial charge in [-0.2, -0.15) is 5.10 Å². The minimum absolute atomic E-state index is 0.0111. The maximum atomic E-state index is 11.7. The summed E-state index contributed by atoms with van der Waals surface area (Å²) in [6.07, 6.45) is -0.474. The number of aromatic nitrogens is 2. The van der Waals surface area contributed by atoms with E-state index in [1.165, 1.54) is 0 Å². The quantitative estimate of drug-likeness (QED) is 0.582. The lowest BCUT2D eigenvalue weighted by atomic mass is 10.1. The summed E-state index contributed by atoms with van der Waals surface area (Å²) in [6.45, 7) is 4.06. The van der Waals surface area contributed by atoms with Crippen LogP contribution in [0.5, 0.6) is 0 Å². The highest BCUT2D eigenvalue weighted by Crippen LogP contribution is 2.32. The van der Waals surface area contributed by atoms with E-state index in [2.05, 4.69) is 25.6 Å². The molecule has 0 spiro atoms. The Morgan fingerprint density at radius 2 is 2.17 bits per heavy atom. The van der Waals surface area contributed by atoms with Gasteiger partial charge in [-0.25, -0.2) is 13.2 Å². The molecule has 0 unspecified atom stereocenters. The Balaban J connectivity index is 1.36. The largest absolute Gasteiger partial charge is 0.444 e. The summed E-state index contributed by atoms with van der Waals surface area (Å²) in [5.41, 5.74) is 2.82. The van der Waals surface area contributed by atoms with Crippen molar-refractivity contribution < 1.29 is 22.7 Å². The highest BCUT2D eigenvalue weighted by atomic mass is 32.2. The van der Waals surface area contributed by atoms with E-state index in [0.29, 0.717) is 30.1 Å². The maximum Gasteiger partial charge on any atom is 0.407 e. The summed E-state index contributed by atoms with van der Waals surface area (Å²) < 4.78 is 36.9. The van der Waals surface area contributed by atoms with Crippen molar-refractivity contribution in [3.8, 4) is 0 Å². The van der Waals surface area contributed by atoms with Gasteiger partial charge in [0.1, 0.15) is 12.2 Å². The molecule has 1 amide bonds. The average Bonchev–Trinajstić information content (AvgIpc) is 3.31. The molecule has 156 valence electrons. The first-order chi connectivity index (χ1) is 13.8. The van der Waals surface area contributed by atoms with Crippen LogP contribution >= 0.6 is 0 Å².